The number of rotatable bonds is 6. The van der Waals surface area contributed by atoms with Crippen LogP contribution in [0.2, 0.25) is 0 Å². The standard InChI is InChI=1S/C20H31N/c1-16(21-14-6-9-17-7-2-3-8-17)19-13-12-18-10-4-5-11-20(18)15-19/h12-13,15-17,21H,2-11,14H2,1H3. The highest BCUT2D eigenvalue weighted by molar-refractivity contribution is 5.35. The van der Waals surface area contributed by atoms with Gasteiger partial charge in [-0.05, 0) is 74.6 Å². The Morgan fingerprint density at radius 2 is 1.81 bits per heavy atom. The predicted octanol–water partition coefficient (Wildman–Crippen LogP) is 5.19. The van der Waals surface area contributed by atoms with Gasteiger partial charge in [0.2, 0.25) is 0 Å². The van der Waals surface area contributed by atoms with E-state index in [1.807, 2.05) is 0 Å². The van der Waals surface area contributed by atoms with Crippen LogP contribution in [0.5, 0.6) is 0 Å². The molecule has 0 spiro atoms. The van der Waals surface area contributed by atoms with Crippen LogP contribution in [-0.2, 0) is 12.8 Å². The summed E-state index contributed by atoms with van der Waals surface area (Å²) in [6.45, 7) is 3.49. The average molecular weight is 285 g/mol. The number of fused-ring (bicyclic) bond motifs is 1. The number of nitrogens with one attached hydrogen (secondary N) is 1. The molecule has 1 atom stereocenters. The van der Waals surface area contributed by atoms with Crippen LogP contribution in [0.4, 0.5) is 0 Å². The summed E-state index contributed by atoms with van der Waals surface area (Å²) in [5.41, 5.74) is 4.69. The minimum absolute atomic E-state index is 0.501. The van der Waals surface area contributed by atoms with Crippen molar-refractivity contribution < 1.29 is 0 Å². The molecule has 0 heterocycles. The van der Waals surface area contributed by atoms with E-state index >= 15 is 0 Å². The molecule has 2 aliphatic rings. The quantitative estimate of drug-likeness (QED) is 0.710. The van der Waals surface area contributed by atoms with E-state index in [-0.39, 0.29) is 0 Å². The van der Waals surface area contributed by atoms with Crippen LogP contribution in [0.25, 0.3) is 0 Å². The molecule has 116 valence electrons. The van der Waals surface area contributed by atoms with E-state index in [2.05, 4.69) is 30.4 Å². The van der Waals surface area contributed by atoms with Crippen molar-refractivity contribution in [3.05, 3.63) is 34.9 Å². The Hall–Kier alpha value is -0.820. The summed E-state index contributed by atoms with van der Waals surface area (Å²) in [5.74, 6) is 1.03. The van der Waals surface area contributed by atoms with Crippen molar-refractivity contribution in [3.63, 3.8) is 0 Å². The van der Waals surface area contributed by atoms with Gasteiger partial charge in [0.15, 0.2) is 0 Å². The molecule has 0 saturated heterocycles. The van der Waals surface area contributed by atoms with Gasteiger partial charge in [-0.3, -0.25) is 0 Å². The summed E-state index contributed by atoms with van der Waals surface area (Å²) in [4.78, 5) is 0. The van der Waals surface area contributed by atoms with E-state index in [1.165, 1.54) is 76.3 Å². The van der Waals surface area contributed by atoms with Gasteiger partial charge in [0, 0.05) is 6.04 Å². The van der Waals surface area contributed by atoms with Crippen LogP contribution >= 0.6 is 0 Å². The van der Waals surface area contributed by atoms with Crippen molar-refractivity contribution in [2.24, 2.45) is 5.92 Å². The lowest BCUT2D eigenvalue weighted by atomic mass is 9.89. The maximum absolute atomic E-state index is 3.73. The van der Waals surface area contributed by atoms with Crippen LogP contribution in [-0.4, -0.2) is 6.54 Å². The first-order valence-electron chi connectivity index (χ1n) is 9.18. The van der Waals surface area contributed by atoms with Crippen LogP contribution < -0.4 is 5.32 Å². The van der Waals surface area contributed by atoms with E-state index in [9.17, 15) is 0 Å². The van der Waals surface area contributed by atoms with Crippen molar-refractivity contribution in [1.82, 2.24) is 5.32 Å². The molecule has 0 amide bonds. The van der Waals surface area contributed by atoms with Gasteiger partial charge in [-0.25, -0.2) is 0 Å². The summed E-state index contributed by atoms with van der Waals surface area (Å²) < 4.78 is 0. The molecule has 3 rings (SSSR count). The highest BCUT2D eigenvalue weighted by Crippen LogP contribution is 2.28. The van der Waals surface area contributed by atoms with E-state index in [0.717, 1.165) is 5.92 Å². The number of benzene rings is 1. The predicted molar refractivity (Wildman–Crippen MR) is 90.7 cm³/mol. The third-order valence-electron chi connectivity index (χ3n) is 5.59. The fourth-order valence-corrected chi connectivity index (χ4v) is 4.15. The second-order valence-electron chi connectivity index (χ2n) is 7.20. The van der Waals surface area contributed by atoms with Gasteiger partial charge in [-0.2, -0.15) is 0 Å². The van der Waals surface area contributed by atoms with Gasteiger partial charge in [0.25, 0.3) is 0 Å². The lowest BCUT2D eigenvalue weighted by molar-refractivity contribution is 0.456. The largest absolute Gasteiger partial charge is 0.310 e. The molecule has 0 bridgehead atoms. The van der Waals surface area contributed by atoms with Crippen LogP contribution in [0, 0.1) is 5.92 Å². The van der Waals surface area contributed by atoms with Crippen LogP contribution in [0.1, 0.15) is 81.0 Å². The Morgan fingerprint density at radius 1 is 1.05 bits per heavy atom. The van der Waals surface area contributed by atoms with Crippen molar-refractivity contribution in [2.75, 3.05) is 6.54 Å². The first-order valence-corrected chi connectivity index (χ1v) is 9.18. The first kappa shape index (κ1) is 15.1. The molecule has 0 radical (unpaired) electrons. The number of hydrogen-bond acceptors (Lipinski definition) is 1. The SMILES string of the molecule is CC(NCCCC1CCCC1)c1ccc2c(c1)CCCC2. The second kappa shape index (κ2) is 7.45. The Balaban J connectivity index is 1.45. The van der Waals surface area contributed by atoms with Crippen LogP contribution in [0.3, 0.4) is 0 Å². The molecule has 1 nitrogen and oxygen atoms in total. The van der Waals surface area contributed by atoms with E-state index in [1.54, 1.807) is 11.1 Å². The Labute approximate surface area is 130 Å². The van der Waals surface area contributed by atoms with Gasteiger partial charge in [0.05, 0.1) is 0 Å². The number of aryl methyl sites for hydroxylation is 2. The third-order valence-corrected chi connectivity index (χ3v) is 5.59. The zero-order chi connectivity index (χ0) is 14.5. The topological polar surface area (TPSA) is 12.0 Å². The summed E-state index contributed by atoms with van der Waals surface area (Å²) in [6.07, 6.45) is 14.0. The third kappa shape index (κ3) is 4.10. The fourth-order valence-electron chi connectivity index (χ4n) is 4.15. The highest BCUT2D eigenvalue weighted by Gasteiger charge is 2.15. The van der Waals surface area contributed by atoms with Gasteiger partial charge < -0.3 is 5.32 Å². The molecule has 1 heteroatoms. The van der Waals surface area contributed by atoms with Crippen LogP contribution in [0.15, 0.2) is 18.2 Å². The fraction of sp³-hybridized carbons (Fsp3) is 0.700. The molecule has 1 aromatic carbocycles. The summed E-state index contributed by atoms with van der Waals surface area (Å²) in [7, 11) is 0. The first-order chi connectivity index (χ1) is 10.3. The zero-order valence-corrected chi connectivity index (χ0v) is 13.7. The maximum Gasteiger partial charge on any atom is 0.0291 e. The molecule has 1 unspecified atom stereocenters. The molecule has 2 aliphatic carbocycles. The monoisotopic (exact) mass is 285 g/mol. The maximum atomic E-state index is 3.73. The van der Waals surface area contributed by atoms with Gasteiger partial charge in [-0.1, -0.05) is 43.9 Å². The lowest BCUT2D eigenvalue weighted by Crippen LogP contribution is -2.20. The molecule has 0 aliphatic heterocycles. The molecular weight excluding hydrogens is 254 g/mol. The molecule has 1 saturated carbocycles. The summed E-state index contributed by atoms with van der Waals surface area (Å²) in [6, 6.07) is 7.68. The lowest BCUT2D eigenvalue weighted by Gasteiger charge is -2.20. The normalized spacial score (nSPS) is 20.4. The average Bonchev–Trinajstić information content (AvgIpc) is 3.04. The van der Waals surface area contributed by atoms with E-state index < -0.39 is 0 Å². The smallest absolute Gasteiger partial charge is 0.0291 e. The minimum Gasteiger partial charge on any atom is -0.310 e. The molecular formula is C20H31N. The van der Waals surface area contributed by atoms with Crippen molar-refractivity contribution >= 4 is 0 Å². The van der Waals surface area contributed by atoms with Crippen molar-refractivity contribution in [3.8, 4) is 0 Å². The zero-order valence-electron chi connectivity index (χ0n) is 13.7. The van der Waals surface area contributed by atoms with E-state index in [4.69, 9.17) is 0 Å². The second-order valence-corrected chi connectivity index (χ2v) is 7.20. The molecule has 1 aromatic rings. The highest BCUT2D eigenvalue weighted by atomic mass is 14.9. The molecule has 1 N–H and O–H groups in total. The van der Waals surface area contributed by atoms with E-state index in [0.29, 0.717) is 6.04 Å². The van der Waals surface area contributed by atoms with Crippen molar-refractivity contribution in [2.45, 2.75) is 77.2 Å². The Bertz CT molecular complexity index is 445. The summed E-state index contributed by atoms with van der Waals surface area (Å²) in [5, 5.41) is 3.73. The summed E-state index contributed by atoms with van der Waals surface area (Å²) >= 11 is 0. The Kier molecular flexibility index (Phi) is 5.35. The van der Waals surface area contributed by atoms with Gasteiger partial charge in [0.1, 0.15) is 0 Å². The molecule has 1 fully saturated rings. The molecule has 21 heavy (non-hydrogen) atoms. The minimum atomic E-state index is 0.501. The Morgan fingerprint density at radius 3 is 2.62 bits per heavy atom. The van der Waals surface area contributed by atoms with Gasteiger partial charge >= 0.3 is 0 Å². The molecule has 0 aromatic heterocycles. The van der Waals surface area contributed by atoms with Gasteiger partial charge in [-0.15, -0.1) is 0 Å². The van der Waals surface area contributed by atoms with Crippen molar-refractivity contribution in [1.29, 1.82) is 0 Å². The number of hydrogen-bond donors (Lipinski definition) is 1.